The van der Waals surface area contributed by atoms with Gasteiger partial charge in [-0.15, -0.1) is 0 Å². The molecule has 3 heterocycles. The standard InChI is InChI=1S/C23H26N4O3/c1-15-5-6-18(16(2)12-15)20(28)14-26-19-4-3-9-25-21(19)22(29)27(23(26)30)13-17-7-10-24-11-8-17/h5-8,10-12,19,21,25H,3-4,9,13-14H2,1-2H3. The van der Waals surface area contributed by atoms with Crippen molar-refractivity contribution in [3.8, 4) is 0 Å². The zero-order chi connectivity index (χ0) is 21.3. The molecule has 2 fully saturated rings. The van der Waals surface area contributed by atoms with Crippen LogP contribution in [0.4, 0.5) is 4.79 Å². The number of hydrogen-bond acceptors (Lipinski definition) is 5. The van der Waals surface area contributed by atoms with E-state index >= 15 is 0 Å². The molecule has 1 N–H and O–H groups in total. The number of benzene rings is 1. The zero-order valence-electron chi connectivity index (χ0n) is 17.3. The van der Waals surface area contributed by atoms with Crippen LogP contribution in [-0.2, 0) is 11.3 Å². The Morgan fingerprint density at radius 1 is 1.17 bits per heavy atom. The highest BCUT2D eigenvalue weighted by molar-refractivity contribution is 6.04. The Morgan fingerprint density at radius 2 is 1.93 bits per heavy atom. The first kappa shape index (κ1) is 20.2. The summed E-state index contributed by atoms with van der Waals surface area (Å²) in [5.74, 6) is -0.333. The lowest BCUT2D eigenvalue weighted by Crippen LogP contribution is -2.69. The Bertz CT molecular complexity index is 976. The highest BCUT2D eigenvalue weighted by Crippen LogP contribution is 2.26. The lowest BCUT2D eigenvalue weighted by Gasteiger charge is -2.46. The number of piperidine rings is 1. The maximum atomic E-state index is 13.3. The lowest BCUT2D eigenvalue weighted by atomic mass is 9.92. The Labute approximate surface area is 176 Å². The average Bonchev–Trinajstić information content (AvgIpc) is 2.75. The number of hydrogen-bond donors (Lipinski definition) is 1. The van der Waals surface area contributed by atoms with E-state index in [-0.39, 0.29) is 30.8 Å². The van der Waals surface area contributed by atoms with Crippen LogP contribution in [0.3, 0.4) is 0 Å². The van der Waals surface area contributed by atoms with Crippen LogP contribution in [0.15, 0.2) is 42.7 Å². The highest BCUT2D eigenvalue weighted by Gasteiger charge is 2.47. The van der Waals surface area contributed by atoms with Gasteiger partial charge in [0.1, 0.15) is 6.04 Å². The number of nitrogens with zero attached hydrogens (tertiary/aromatic N) is 3. The maximum Gasteiger partial charge on any atom is 0.327 e. The van der Waals surface area contributed by atoms with Gasteiger partial charge in [0.05, 0.1) is 19.1 Å². The Hall–Kier alpha value is -3.06. The third-order valence-electron chi connectivity index (χ3n) is 5.92. The predicted octanol–water partition coefficient (Wildman–Crippen LogP) is 2.47. The molecule has 3 amide bonds. The number of Topliss-reactive ketones (excluding diaryl/α,β-unsaturated/α-hetero) is 1. The number of carbonyl (C=O) groups excluding carboxylic acids is 3. The van der Waals surface area contributed by atoms with Crippen molar-refractivity contribution in [2.24, 2.45) is 0 Å². The molecule has 2 atom stereocenters. The smallest absolute Gasteiger partial charge is 0.311 e. The van der Waals surface area contributed by atoms with Gasteiger partial charge in [0.15, 0.2) is 5.78 Å². The van der Waals surface area contributed by atoms with Crippen LogP contribution < -0.4 is 5.32 Å². The molecule has 30 heavy (non-hydrogen) atoms. The average molecular weight is 406 g/mol. The van der Waals surface area contributed by atoms with E-state index in [1.165, 1.54) is 4.90 Å². The summed E-state index contributed by atoms with van der Waals surface area (Å²) < 4.78 is 0. The second-order valence-corrected chi connectivity index (χ2v) is 8.07. The van der Waals surface area contributed by atoms with Crippen molar-refractivity contribution in [2.45, 2.75) is 45.3 Å². The van der Waals surface area contributed by atoms with Gasteiger partial charge in [-0.05, 0) is 56.5 Å². The molecule has 7 heteroatoms. The number of amides is 3. The van der Waals surface area contributed by atoms with Crippen LogP contribution in [0.5, 0.6) is 0 Å². The second-order valence-electron chi connectivity index (χ2n) is 8.07. The molecule has 0 bridgehead atoms. The molecule has 4 rings (SSSR count). The molecule has 0 spiro atoms. The van der Waals surface area contributed by atoms with Crippen molar-refractivity contribution < 1.29 is 14.4 Å². The molecule has 1 aromatic heterocycles. The Kier molecular flexibility index (Phi) is 5.63. The summed E-state index contributed by atoms with van der Waals surface area (Å²) in [5.41, 5.74) is 3.42. The van der Waals surface area contributed by atoms with E-state index in [2.05, 4.69) is 10.3 Å². The lowest BCUT2D eigenvalue weighted by molar-refractivity contribution is -0.137. The summed E-state index contributed by atoms with van der Waals surface area (Å²) in [5, 5.41) is 3.26. The summed E-state index contributed by atoms with van der Waals surface area (Å²) in [4.78, 5) is 46.3. The second kappa shape index (κ2) is 8.36. The number of rotatable bonds is 5. The van der Waals surface area contributed by atoms with Gasteiger partial charge < -0.3 is 10.2 Å². The Balaban J connectivity index is 1.61. The van der Waals surface area contributed by atoms with Crippen molar-refractivity contribution in [1.82, 2.24) is 20.1 Å². The first-order valence-corrected chi connectivity index (χ1v) is 10.3. The number of ketones is 1. The Morgan fingerprint density at radius 3 is 2.67 bits per heavy atom. The first-order chi connectivity index (χ1) is 14.5. The van der Waals surface area contributed by atoms with Crippen LogP contribution in [0.25, 0.3) is 0 Å². The molecule has 2 unspecified atom stereocenters. The van der Waals surface area contributed by atoms with E-state index in [1.54, 1.807) is 29.4 Å². The SMILES string of the molecule is Cc1ccc(C(=O)CN2C(=O)N(Cc3ccncc3)C(=O)C3NCCCC32)c(C)c1. The number of fused-ring (bicyclic) bond motifs is 1. The fourth-order valence-electron chi connectivity index (χ4n) is 4.39. The number of nitrogens with one attached hydrogen (secondary N) is 1. The van der Waals surface area contributed by atoms with E-state index in [1.807, 2.05) is 32.0 Å². The van der Waals surface area contributed by atoms with Crippen molar-refractivity contribution in [2.75, 3.05) is 13.1 Å². The maximum absolute atomic E-state index is 13.3. The zero-order valence-corrected chi connectivity index (χ0v) is 17.3. The molecular formula is C23H26N4O3. The molecule has 7 nitrogen and oxygen atoms in total. The van der Waals surface area contributed by atoms with Gasteiger partial charge in [-0.1, -0.05) is 23.8 Å². The highest BCUT2D eigenvalue weighted by atomic mass is 16.2. The van der Waals surface area contributed by atoms with Crippen molar-refractivity contribution in [3.63, 3.8) is 0 Å². The van der Waals surface area contributed by atoms with E-state index in [0.29, 0.717) is 12.0 Å². The topological polar surface area (TPSA) is 82.6 Å². The minimum absolute atomic E-state index is 0.0360. The number of aromatic nitrogens is 1. The molecule has 2 saturated heterocycles. The number of carbonyl (C=O) groups is 3. The summed E-state index contributed by atoms with van der Waals surface area (Å²) in [7, 11) is 0. The molecule has 156 valence electrons. The first-order valence-electron chi connectivity index (χ1n) is 10.3. The van der Waals surface area contributed by atoms with Crippen LogP contribution in [0.1, 0.15) is 39.9 Å². The molecule has 2 aliphatic rings. The third kappa shape index (κ3) is 3.85. The predicted molar refractivity (Wildman–Crippen MR) is 112 cm³/mol. The van der Waals surface area contributed by atoms with E-state index in [4.69, 9.17) is 0 Å². The van der Waals surface area contributed by atoms with Crippen molar-refractivity contribution >= 4 is 17.7 Å². The third-order valence-corrected chi connectivity index (χ3v) is 5.92. The fraction of sp³-hybridized carbons (Fsp3) is 0.391. The van der Waals surface area contributed by atoms with Gasteiger partial charge in [-0.2, -0.15) is 0 Å². The van der Waals surface area contributed by atoms with E-state index in [9.17, 15) is 14.4 Å². The quantitative estimate of drug-likeness (QED) is 0.772. The molecule has 2 aromatic rings. The minimum atomic E-state index is -0.481. The molecule has 0 aliphatic carbocycles. The van der Waals surface area contributed by atoms with E-state index < -0.39 is 12.1 Å². The van der Waals surface area contributed by atoms with E-state index in [0.717, 1.165) is 29.7 Å². The van der Waals surface area contributed by atoms with Gasteiger partial charge in [0, 0.05) is 18.0 Å². The number of urea groups is 1. The van der Waals surface area contributed by atoms with Gasteiger partial charge in [-0.25, -0.2) is 4.79 Å². The summed E-state index contributed by atoms with van der Waals surface area (Å²) in [6, 6.07) is 8.07. The molecular weight excluding hydrogens is 380 g/mol. The number of pyridine rings is 1. The molecule has 2 aliphatic heterocycles. The molecule has 0 radical (unpaired) electrons. The summed E-state index contributed by atoms with van der Waals surface area (Å²) in [6.45, 7) is 4.74. The van der Waals surface area contributed by atoms with Gasteiger partial charge >= 0.3 is 6.03 Å². The van der Waals surface area contributed by atoms with Gasteiger partial charge in [-0.3, -0.25) is 19.5 Å². The van der Waals surface area contributed by atoms with Crippen molar-refractivity contribution in [1.29, 1.82) is 0 Å². The molecule has 0 saturated carbocycles. The molecule has 1 aromatic carbocycles. The van der Waals surface area contributed by atoms with Crippen LogP contribution >= 0.6 is 0 Å². The largest absolute Gasteiger partial charge is 0.327 e. The fourth-order valence-corrected chi connectivity index (χ4v) is 4.39. The summed E-state index contributed by atoms with van der Waals surface area (Å²) in [6.07, 6.45) is 4.84. The van der Waals surface area contributed by atoms with Crippen LogP contribution in [0, 0.1) is 13.8 Å². The normalized spacial score (nSPS) is 21.5. The monoisotopic (exact) mass is 406 g/mol. The number of imide groups is 1. The van der Waals surface area contributed by atoms with Gasteiger partial charge in [0.2, 0.25) is 5.91 Å². The summed E-state index contributed by atoms with van der Waals surface area (Å²) >= 11 is 0. The number of aryl methyl sites for hydroxylation is 2. The van der Waals surface area contributed by atoms with Gasteiger partial charge in [0.25, 0.3) is 0 Å². The van der Waals surface area contributed by atoms with Crippen LogP contribution in [0.2, 0.25) is 0 Å². The van der Waals surface area contributed by atoms with Crippen LogP contribution in [-0.4, -0.2) is 57.7 Å². The van der Waals surface area contributed by atoms with Crippen molar-refractivity contribution in [3.05, 3.63) is 65.0 Å². The minimum Gasteiger partial charge on any atom is -0.311 e.